The van der Waals surface area contributed by atoms with Gasteiger partial charge in [0.15, 0.2) is 17.4 Å². The van der Waals surface area contributed by atoms with Crippen LogP contribution >= 0.6 is 11.6 Å². The molecule has 0 fully saturated rings. The van der Waals surface area contributed by atoms with Crippen LogP contribution in [0.5, 0.6) is 0 Å². The highest BCUT2D eigenvalue weighted by atomic mass is 35.5. The van der Waals surface area contributed by atoms with E-state index in [9.17, 15) is 18.9 Å². The first-order valence-electron chi connectivity index (χ1n) is 4.67. The summed E-state index contributed by atoms with van der Waals surface area (Å²) in [5, 5.41) is 10.8. The van der Waals surface area contributed by atoms with Crippen LogP contribution in [-0.2, 0) is 5.88 Å². The van der Waals surface area contributed by atoms with E-state index in [1.165, 1.54) is 0 Å². The Balaban J connectivity index is 2.61. The van der Waals surface area contributed by atoms with E-state index in [0.717, 1.165) is 6.20 Å². The molecule has 1 aromatic carbocycles. The van der Waals surface area contributed by atoms with Gasteiger partial charge in [0.1, 0.15) is 0 Å². The number of rotatable bonds is 3. The maximum Gasteiger partial charge on any atom is 0.283 e. The number of benzene rings is 1. The Labute approximate surface area is 104 Å². The third kappa shape index (κ3) is 2.17. The first-order valence-corrected chi connectivity index (χ1v) is 5.21. The molecule has 1 heterocycles. The summed E-state index contributed by atoms with van der Waals surface area (Å²) < 4.78 is 31.1. The molecular formula is C10H5ClF2N2O3. The SMILES string of the molecule is O=[N+]([O-])c1cc(F)c(F)cc1-c1cnc(CCl)o1. The zero-order valence-corrected chi connectivity index (χ0v) is 9.45. The van der Waals surface area contributed by atoms with Gasteiger partial charge in [0.25, 0.3) is 5.69 Å². The molecule has 0 N–H and O–H groups in total. The Morgan fingerprint density at radius 3 is 2.61 bits per heavy atom. The summed E-state index contributed by atoms with van der Waals surface area (Å²) in [6.45, 7) is 0. The van der Waals surface area contributed by atoms with Crippen molar-refractivity contribution in [3.63, 3.8) is 0 Å². The van der Waals surface area contributed by atoms with Gasteiger partial charge >= 0.3 is 0 Å². The van der Waals surface area contributed by atoms with E-state index in [1.54, 1.807) is 0 Å². The topological polar surface area (TPSA) is 69.2 Å². The van der Waals surface area contributed by atoms with Gasteiger partial charge < -0.3 is 4.42 Å². The summed E-state index contributed by atoms with van der Waals surface area (Å²) in [6.07, 6.45) is 1.16. The fourth-order valence-electron chi connectivity index (χ4n) is 1.38. The van der Waals surface area contributed by atoms with E-state index in [2.05, 4.69) is 4.98 Å². The van der Waals surface area contributed by atoms with Crippen LogP contribution in [0.2, 0.25) is 0 Å². The predicted octanol–water partition coefficient (Wildman–Crippen LogP) is 3.27. The second-order valence-electron chi connectivity index (χ2n) is 3.29. The van der Waals surface area contributed by atoms with Gasteiger partial charge in [-0.3, -0.25) is 10.1 Å². The van der Waals surface area contributed by atoms with Crippen LogP contribution in [0.4, 0.5) is 14.5 Å². The molecule has 0 amide bonds. The molecule has 0 spiro atoms. The van der Waals surface area contributed by atoms with Crippen LogP contribution in [0, 0.1) is 21.7 Å². The maximum atomic E-state index is 13.1. The molecule has 0 radical (unpaired) electrons. The fourth-order valence-corrected chi connectivity index (χ4v) is 1.50. The van der Waals surface area contributed by atoms with Crippen molar-refractivity contribution in [3.05, 3.63) is 46.0 Å². The standard InChI is InChI=1S/C10H5ClF2N2O3/c11-3-10-14-4-9(18-10)5-1-6(12)7(13)2-8(5)15(16)17/h1-2,4H,3H2. The Kier molecular flexibility index (Phi) is 3.24. The Bertz CT molecular complexity index is 615. The summed E-state index contributed by atoms with van der Waals surface area (Å²) in [6, 6.07) is 1.18. The van der Waals surface area contributed by atoms with Crippen LogP contribution in [0.1, 0.15) is 5.89 Å². The van der Waals surface area contributed by atoms with E-state index in [-0.39, 0.29) is 23.1 Å². The van der Waals surface area contributed by atoms with Gasteiger partial charge in [-0.05, 0) is 6.07 Å². The van der Waals surface area contributed by atoms with Crippen molar-refractivity contribution in [2.24, 2.45) is 0 Å². The van der Waals surface area contributed by atoms with Crippen molar-refractivity contribution >= 4 is 17.3 Å². The number of oxazole rings is 1. The lowest BCUT2D eigenvalue weighted by Gasteiger charge is -2.00. The molecule has 0 aliphatic carbocycles. The summed E-state index contributed by atoms with van der Waals surface area (Å²) in [5.41, 5.74) is -0.797. The summed E-state index contributed by atoms with van der Waals surface area (Å²) in [5.74, 6) is -2.46. The molecule has 5 nitrogen and oxygen atoms in total. The van der Waals surface area contributed by atoms with Crippen molar-refractivity contribution in [2.75, 3.05) is 0 Å². The molecule has 2 aromatic rings. The molecule has 18 heavy (non-hydrogen) atoms. The number of alkyl halides is 1. The quantitative estimate of drug-likeness (QED) is 0.489. The number of nitro benzene ring substituents is 1. The first kappa shape index (κ1) is 12.4. The molecule has 0 aliphatic heterocycles. The lowest BCUT2D eigenvalue weighted by Crippen LogP contribution is -1.95. The monoisotopic (exact) mass is 274 g/mol. The highest BCUT2D eigenvalue weighted by Gasteiger charge is 2.22. The number of hydrogen-bond acceptors (Lipinski definition) is 4. The van der Waals surface area contributed by atoms with E-state index in [4.69, 9.17) is 16.0 Å². The van der Waals surface area contributed by atoms with E-state index >= 15 is 0 Å². The summed E-state index contributed by atoms with van der Waals surface area (Å²) in [7, 11) is 0. The number of hydrogen-bond donors (Lipinski definition) is 0. The molecule has 0 bridgehead atoms. The van der Waals surface area contributed by atoms with Gasteiger partial charge in [0.05, 0.1) is 28.6 Å². The molecule has 0 atom stereocenters. The van der Waals surface area contributed by atoms with Crippen LogP contribution in [0.25, 0.3) is 11.3 Å². The lowest BCUT2D eigenvalue weighted by atomic mass is 10.1. The third-order valence-electron chi connectivity index (χ3n) is 2.17. The zero-order valence-electron chi connectivity index (χ0n) is 8.69. The van der Waals surface area contributed by atoms with Crippen LogP contribution in [0.15, 0.2) is 22.7 Å². The molecule has 0 unspecified atom stereocenters. The molecule has 0 aliphatic rings. The minimum absolute atomic E-state index is 0.0303. The van der Waals surface area contributed by atoms with E-state index in [1.807, 2.05) is 0 Å². The number of aromatic nitrogens is 1. The number of nitro groups is 1. The molecule has 2 rings (SSSR count). The van der Waals surface area contributed by atoms with Crippen LogP contribution in [-0.4, -0.2) is 9.91 Å². The molecule has 94 valence electrons. The minimum atomic E-state index is -1.30. The molecule has 8 heteroatoms. The van der Waals surface area contributed by atoms with Crippen LogP contribution < -0.4 is 0 Å². The van der Waals surface area contributed by atoms with E-state index in [0.29, 0.717) is 12.1 Å². The third-order valence-corrected chi connectivity index (χ3v) is 2.40. The Morgan fingerprint density at radius 2 is 2.06 bits per heavy atom. The Hall–Kier alpha value is -2.02. The van der Waals surface area contributed by atoms with Gasteiger partial charge in [0.2, 0.25) is 5.89 Å². The lowest BCUT2D eigenvalue weighted by molar-refractivity contribution is -0.384. The molecule has 1 aromatic heterocycles. The Morgan fingerprint density at radius 1 is 1.39 bits per heavy atom. The highest BCUT2D eigenvalue weighted by Crippen LogP contribution is 2.32. The van der Waals surface area contributed by atoms with Crippen molar-refractivity contribution in [1.29, 1.82) is 0 Å². The van der Waals surface area contributed by atoms with Gasteiger partial charge in [0, 0.05) is 0 Å². The van der Waals surface area contributed by atoms with Crippen molar-refractivity contribution < 1.29 is 18.1 Å². The van der Waals surface area contributed by atoms with Crippen molar-refractivity contribution in [1.82, 2.24) is 4.98 Å². The highest BCUT2D eigenvalue weighted by molar-refractivity contribution is 6.16. The minimum Gasteiger partial charge on any atom is -0.439 e. The smallest absolute Gasteiger partial charge is 0.283 e. The molecular weight excluding hydrogens is 270 g/mol. The van der Waals surface area contributed by atoms with Gasteiger partial charge in [-0.15, -0.1) is 11.6 Å². The normalized spacial score (nSPS) is 10.6. The average molecular weight is 275 g/mol. The first-order chi connectivity index (χ1) is 8.52. The van der Waals surface area contributed by atoms with E-state index < -0.39 is 22.2 Å². The molecule has 0 saturated heterocycles. The summed E-state index contributed by atoms with van der Waals surface area (Å²) >= 11 is 5.46. The maximum absolute atomic E-state index is 13.1. The summed E-state index contributed by atoms with van der Waals surface area (Å²) in [4.78, 5) is 13.7. The zero-order chi connectivity index (χ0) is 13.3. The van der Waals surface area contributed by atoms with Gasteiger partial charge in [-0.2, -0.15) is 0 Å². The second-order valence-corrected chi connectivity index (χ2v) is 3.56. The van der Waals surface area contributed by atoms with Gasteiger partial charge in [-0.1, -0.05) is 0 Å². The van der Waals surface area contributed by atoms with Crippen LogP contribution in [0.3, 0.4) is 0 Å². The predicted molar refractivity (Wildman–Crippen MR) is 58.1 cm³/mol. The fraction of sp³-hybridized carbons (Fsp3) is 0.100. The second kappa shape index (κ2) is 4.69. The number of nitrogens with zero attached hydrogens (tertiary/aromatic N) is 2. The average Bonchev–Trinajstić information content (AvgIpc) is 2.80. The molecule has 0 saturated carbocycles. The van der Waals surface area contributed by atoms with Gasteiger partial charge in [-0.25, -0.2) is 13.8 Å². The van der Waals surface area contributed by atoms with Crippen molar-refractivity contribution in [3.8, 4) is 11.3 Å². The largest absolute Gasteiger partial charge is 0.439 e. The van der Waals surface area contributed by atoms with Crippen molar-refractivity contribution in [2.45, 2.75) is 5.88 Å². The number of halogens is 3.